The first kappa shape index (κ1) is 59.6. The van der Waals surface area contributed by atoms with Gasteiger partial charge in [-0.2, -0.15) is 0 Å². The van der Waals surface area contributed by atoms with Crippen molar-refractivity contribution in [1.82, 2.24) is 0 Å². The third kappa shape index (κ3) is 48.7. The number of carbonyl (C=O) groups is 3. The number of rotatable bonds is 49. The van der Waals surface area contributed by atoms with Crippen LogP contribution in [0.15, 0.2) is 36.5 Å². The molecule has 362 valence electrons. The van der Waals surface area contributed by atoms with Crippen LogP contribution in [-0.2, 0) is 28.6 Å². The lowest BCUT2D eigenvalue weighted by atomic mass is 10.0. The van der Waals surface area contributed by atoms with Gasteiger partial charge in [-0.25, -0.2) is 0 Å². The Bertz CT molecular complexity index is 1050. The van der Waals surface area contributed by atoms with Gasteiger partial charge in [0, 0.05) is 19.3 Å². The molecular weight excluding hydrogens is 769 g/mol. The van der Waals surface area contributed by atoms with Crippen LogP contribution in [0.3, 0.4) is 0 Å². The topological polar surface area (TPSA) is 78.9 Å². The van der Waals surface area contributed by atoms with Crippen LogP contribution in [0.2, 0.25) is 0 Å². The molecule has 0 aliphatic heterocycles. The van der Waals surface area contributed by atoms with Gasteiger partial charge >= 0.3 is 17.9 Å². The molecule has 0 saturated heterocycles. The predicted molar refractivity (Wildman–Crippen MR) is 266 cm³/mol. The summed E-state index contributed by atoms with van der Waals surface area (Å²) in [7, 11) is 0. The highest BCUT2D eigenvalue weighted by Gasteiger charge is 2.19. The van der Waals surface area contributed by atoms with Gasteiger partial charge in [0.2, 0.25) is 0 Å². The summed E-state index contributed by atoms with van der Waals surface area (Å²) < 4.78 is 16.8. The summed E-state index contributed by atoms with van der Waals surface area (Å²) in [4.78, 5) is 38.0. The van der Waals surface area contributed by atoms with E-state index >= 15 is 0 Å². The third-order valence-corrected chi connectivity index (χ3v) is 12.0. The molecule has 0 aliphatic rings. The second-order valence-corrected chi connectivity index (χ2v) is 18.2. The van der Waals surface area contributed by atoms with Gasteiger partial charge in [-0.05, 0) is 38.5 Å². The first-order chi connectivity index (χ1) is 30.5. The fourth-order valence-corrected chi connectivity index (χ4v) is 7.91. The van der Waals surface area contributed by atoms with E-state index in [9.17, 15) is 14.4 Å². The highest BCUT2D eigenvalue weighted by Crippen LogP contribution is 2.17. The molecule has 0 saturated carbocycles. The monoisotopic (exact) mass is 871 g/mol. The Morgan fingerprint density at radius 3 is 0.968 bits per heavy atom. The van der Waals surface area contributed by atoms with Crippen LogP contribution < -0.4 is 0 Å². The van der Waals surface area contributed by atoms with Gasteiger partial charge in [0.1, 0.15) is 13.2 Å². The summed E-state index contributed by atoms with van der Waals surface area (Å²) in [6, 6.07) is 0. The minimum Gasteiger partial charge on any atom is -0.462 e. The first-order valence-electron chi connectivity index (χ1n) is 27.0. The fourth-order valence-electron chi connectivity index (χ4n) is 7.91. The van der Waals surface area contributed by atoms with Crippen LogP contribution in [0.5, 0.6) is 0 Å². The van der Waals surface area contributed by atoms with Crippen molar-refractivity contribution < 1.29 is 28.6 Å². The van der Waals surface area contributed by atoms with Crippen LogP contribution in [0.25, 0.3) is 0 Å². The van der Waals surface area contributed by atoms with Crippen LogP contribution in [0, 0.1) is 0 Å². The fraction of sp³-hybridized carbons (Fsp3) is 0.839. The van der Waals surface area contributed by atoms with E-state index in [1.54, 1.807) is 0 Å². The van der Waals surface area contributed by atoms with Gasteiger partial charge in [0.05, 0.1) is 0 Å². The molecule has 0 amide bonds. The molecule has 0 radical (unpaired) electrons. The number of unbranched alkanes of at least 4 members (excludes halogenated alkanes) is 34. The molecule has 0 heterocycles. The van der Waals surface area contributed by atoms with E-state index in [1.165, 1.54) is 161 Å². The average molecular weight is 871 g/mol. The maximum atomic E-state index is 12.8. The Morgan fingerprint density at radius 1 is 0.339 bits per heavy atom. The first-order valence-corrected chi connectivity index (χ1v) is 27.0. The maximum absolute atomic E-state index is 12.8. The van der Waals surface area contributed by atoms with Crippen molar-refractivity contribution in [1.29, 1.82) is 0 Å². The van der Waals surface area contributed by atoms with Crippen molar-refractivity contribution in [3.63, 3.8) is 0 Å². The van der Waals surface area contributed by atoms with Crippen LogP contribution in [0.4, 0.5) is 0 Å². The molecule has 1 unspecified atom stereocenters. The minimum absolute atomic E-state index is 0.0742. The Balaban J connectivity index is 4.35. The van der Waals surface area contributed by atoms with Crippen LogP contribution in [0.1, 0.15) is 284 Å². The van der Waals surface area contributed by atoms with Crippen molar-refractivity contribution in [3.8, 4) is 0 Å². The quantitative estimate of drug-likeness (QED) is 0.0262. The molecule has 0 aromatic rings. The summed E-state index contributed by atoms with van der Waals surface area (Å²) in [6.45, 7) is 6.53. The summed E-state index contributed by atoms with van der Waals surface area (Å²) in [6.07, 6.45) is 59.9. The molecule has 1 atom stereocenters. The van der Waals surface area contributed by atoms with E-state index in [4.69, 9.17) is 14.2 Å². The predicted octanol–water partition coefficient (Wildman–Crippen LogP) is 17.7. The Morgan fingerprint density at radius 2 is 0.629 bits per heavy atom. The summed E-state index contributed by atoms with van der Waals surface area (Å²) in [5.41, 5.74) is 0. The second kappa shape index (κ2) is 51.3. The standard InChI is InChI=1S/C56H102O6/c1-4-7-10-13-16-19-22-25-27-29-31-34-37-40-43-46-49-55(58)61-52-53(51-60-54(57)48-45-42-39-36-33-30-24-21-18-15-12-9-6-3)62-56(59)50-47-44-41-38-35-32-28-26-23-20-17-14-11-8-5-2/h9,12,15,18,21,24,53H,4-8,10-11,13-14,16-17,19-20,22-23,25-52H2,1-3H3/b12-9+,18-15+,24-21+. The zero-order valence-corrected chi connectivity index (χ0v) is 41.4. The largest absolute Gasteiger partial charge is 0.462 e. The maximum Gasteiger partial charge on any atom is 0.306 e. The normalized spacial score (nSPS) is 12.2. The molecule has 0 bridgehead atoms. The van der Waals surface area contributed by atoms with E-state index in [2.05, 4.69) is 57.2 Å². The molecule has 0 spiro atoms. The van der Waals surface area contributed by atoms with Gasteiger partial charge in [-0.1, -0.05) is 263 Å². The van der Waals surface area contributed by atoms with E-state index in [1.807, 2.05) is 0 Å². The smallest absolute Gasteiger partial charge is 0.306 e. The number of hydrogen-bond donors (Lipinski definition) is 0. The second-order valence-electron chi connectivity index (χ2n) is 18.2. The van der Waals surface area contributed by atoms with Crippen molar-refractivity contribution in [2.75, 3.05) is 13.2 Å². The average Bonchev–Trinajstić information content (AvgIpc) is 3.27. The summed E-state index contributed by atoms with van der Waals surface area (Å²) in [5, 5.41) is 0. The molecule has 0 aromatic carbocycles. The van der Waals surface area contributed by atoms with Crippen molar-refractivity contribution in [2.24, 2.45) is 0 Å². The number of carbonyl (C=O) groups excluding carboxylic acids is 3. The van der Waals surface area contributed by atoms with Gasteiger partial charge < -0.3 is 14.2 Å². The van der Waals surface area contributed by atoms with Crippen LogP contribution >= 0.6 is 0 Å². The molecular formula is C56H102O6. The number of esters is 3. The van der Waals surface area contributed by atoms with Gasteiger partial charge in [-0.15, -0.1) is 0 Å². The van der Waals surface area contributed by atoms with Gasteiger partial charge in [0.15, 0.2) is 6.10 Å². The third-order valence-electron chi connectivity index (χ3n) is 12.0. The lowest BCUT2D eigenvalue weighted by molar-refractivity contribution is -0.167. The number of hydrogen-bond acceptors (Lipinski definition) is 6. The van der Waals surface area contributed by atoms with Crippen molar-refractivity contribution in [3.05, 3.63) is 36.5 Å². The van der Waals surface area contributed by atoms with Gasteiger partial charge in [-0.3, -0.25) is 14.4 Å². The number of ether oxygens (including phenoxy) is 3. The minimum atomic E-state index is -0.775. The molecule has 6 heteroatoms. The Hall–Kier alpha value is -2.37. The molecule has 0 rings (SSSR count). The molecule has 0 fully saturated rings. The molecule has 0 N–H and O–H groups in total. The lowest BCUT2D eigenvalue weighted by Crippen LogP contribution is -2.30. The highest BCUT2D eigenvalue weighted by atomic mass is 16.6. The summed E-state index contributed by atoms with van der Waals surface area (Å²) >= 11 is 0. The van der Waals surface area contributed by atoms with E-state index in [-0.39, 0.29) is 31.1 Å². The molecule has 62 heavy (non-hydrogen) atoms. The van der Waals surface area contributed by atoms with Gasteiger partial charge in [0.25, 0.3) is 0 Å². The molecule has 0 aliphatic carbocycles. The van der Waals surface area contributed by atoms with Crippen LogP contribution in [-0.4, -0.2) is 37.2 Å². The summed E-state index contributed by atoms with van der Waals surface area (Å²) in [5.74, 6) is -0.880. The molecule has 0 aromatic heterocycles. The SMILES string of the molecule is CC/C=C/C=C/C=C/CCCCCCCC(=O)OCC(COC(=O)CCCCCCCCCCCCCCCCCC)OC(=O)CCCCCCCCCCCCCCCCC. The van der Waals surface area contributed by atoms with E-state index in [0.29, 0.717) is 19.3 Å². The Labute approximate surface area is 385 Å². The van der Waals surface area contributed by atoms with E-state index < -0.39 is 6.10 Å². The van der Waals surface area contributed by atoms with Crippen molar-refractivity contribution >= 4 is 17.9 Å². The number of allylic oxidation sites excluding steroid dienone is 6. The lowest BCUT2D eigenvalue weighted by Gasteiger charge is -2.18. The highest BCUT2D eigenvalue weighted by molar-refractivity contribution is 5.71. The zero-order valence-electron chi connectivity index (χ0n) is 41.4. The zero-order chi connectivity index (χ0) is 45.1. The van der Waals surface area contributed by atoms with Crippen molar-refractivity contribution in [2.45, 2.75) is 290 Å². The molecule has 6 nitrogen and oxygen atoms in total. The van der Waals surface area contributed by atoms with E-state index in [0.717, 1.165) is 83.5 Å². The Kier molecular flexibility index (Phi) is 49.3.